The lowest BCUT2D eigenvalue weighted by atomic mass is 10.1. The lowest BCUT2D eigenvalue weighted by Crippen LogP contribution is -2.50. The van der Waals surface area contributed by atoms with Crippen LogP contribution in [0.2, 0.25) is 0 Å². The molecule has 1 aliphatic carbocycles. The molecule has 5 nitrogen and oxygen atoms in total. The van der Waals surface area contributed by atoms with E-state index in [0.717, 1.165) is 39.1 Å². The highest BCUT2D eigenvalue weighted by atomic mass is 16.5. The number of amides is 1. The summed E-state index contributed by atoms with van der Waals surface area (Å²) < 4.78 is 5.75. The molecule has 0 radical (unpaired) electrons. The van der Waals surface area contributed by atoms with Crippen LogP contribution in [0.5, 0.6) is 0 Å². The van der Waals surface area contributed by atoms with E-state index in [0.29, 0.717) is 12.6 Å². The average Bonchev–Trinajstić information content (AvgIpc) is 2.66. The molecule has 1 amide bonds. The average molecular weight is 297 g/mol. The van der Waals surface area contributed by atoms with Crippen LogP contribution in [0.3, 0.4) is 0 Å². The zero-order valence-corrected chi connectivity index (χ0v) is 13.6. The number of likely N-dealkylation sites (N-methyl/N-ethyl adjacent to an activating group) is 1. The second-order valence-corrected chi connectivity index (χ2v) is 6.75. The Labute approximate surface area is 129 Å². The topological polar surface area (TPSA) is 44.8 Å². The van der Waals surface area contributed by atoms with Crippen molar-refractivity contribution in [3.63, 3.8) is 0 Å². The van der Waals surface area contributed by atoms with Gasteiger partial charge in [0.1, 0.15) is 0 Å². The quantitative estimate of drug-likeness (QED) is 0.772. The summed E-state index contributed by atoms with van der Waals surface area (Å²) in [5.41, 5.74) is 0. The fraction of sp³-hybridized carbons (Fsp3) is 0.938. The number of hydrogen-bond acceptors (Lipinski definition) is 4. The van der Waals surface area contributed by atoms with Crippen molar-refractivity contribution in [1.82, 2.24) is 15.1 Å². The SMILES string of the molecule is CN(C)C[C@@H]1CN(CC(=O)NC2CCCCCC2)CCO1. The summed E-state index contributed by atoms with van der Waals surface area (Å²) in [6, 6.07) is 0.401. The minimum atomic E-state index is 0.187. The van der Waals surface area contributed by atoms with Crippen molar-refractivity contribution in [1.29, 1.82) is 0 Å². The Morgan fingerprint density at radius 2 is 1.95 bits per heavy atom. The molecule has 2 rings (SSSR count). The smallest absolute Gasteiger partial charge is 0.234 e. The Balaban J connectivity index is 1.71. The summed E-state index contributed by atoms with van der Waals surface area (Å²) in [5, 5.41) is 3.23. The molecular formula is C16H31N3O2. The molecule has 1 N–H and O–H groups in total. The first-order valence-corrected chi connectivity index (χ1v) is 8.41. The zero-order chi connectivity index (χ0) is 15.1. The van der Waals surface area contributed by atoms with E-state index in [-0.39, 0.29) is 12.0 Å². The third-order valence-electron chi connectivity index (χ3n) is 4.38. The maximum atomic E-state index is 12.2. The first-order valence-electron chi connectivity index (χ1n) is 8.41. The number of rotatable bonds is 5. The normalized spacial score (nSPS) is 25.8. The van der Waals surface area contributed by atoms with Gasteiger partial charge in [-0.2, -0.15) is 0 Å². The van der Waals surface area contributed by atoms with Crippen LogP contribution in [0.1, 0.15) is 38.5 Å². The summed E-state index contributed by atoms with van der Waals surface area (Å²) in [6.07, 6.45) is 7.68. The lowest BCUT2D eigenvalue weighted by Gasteiger charge is -2.34. The van der Waals surface area contributed by atoms with Crippen molar-refractivity contribution < 1.29 is 9.53 Å². The summed E-state index contributed by atoms with van der Waals surface area (Å²) >= 11 is 0. The molecule has 2 aliphatic rings. The predicted molar refractivity (Wildman–Crippen MR) is 84.4 cm³/mol. The van der Waals surface area contributed by atoms with Crippen LogP contribution in [0.15, 0.2) is 0 Å². The van der Waals surface area contributed by atoms with Gasteiger partial charge < -0.3 is 15.0 Å². The molecule has 0 bridgehead atoms. The molecule has 0 aromatic heterocycles. The molecule has 0 aromatic carbocycles. The molecule has 1 aliphatic heterocycles. The molecule has 0 unspecified atom stereocenters. The van der Waals surface area contributed by atoms with Crippen LogP contribution in [0.25, 0.3) is 0 Å². The molecule has 1 atom stereocenters. The minimum absolute atomic E-state index is 0.187. The van der Waals surface area contributed by atoms with Gasteiger partial charge in [0.05, 0.1) is 19.3 Å². The van der Waals surface area contributed by atoms with Gasteiger partial charge in [0.25, 0.3) is 0 Å². The number of morpholine rings is 1. The van der Waals surface area contributed by atoms with E-state index in [9.17, 15) is 4.79 Å². The van der Waals surface area contributed by atoms with Gasteiger partial charge in [0.15, 0.2) is 0 Å². The van der Waals surface area contributed by atoms with Gasteiger partial charge in [-0.05, 0) is 26.9 Å². The Hall–Kier alpha value is -0.650. The monoisotopic (exact) mass is 297 g/mol. The van der Waals surface area contributed by atoms with Crippen LogP contribution in [-0.4, -0.2) is 74.7 Å². The Morgan fingerprint density at radius 3 is 2.62 bits per heavy atom. The van der Waals surface area contributed by atoms with Gasteiger partial charge in [-0.15, -0.1) is 0 Å². The van der Waals surface area contributed by atoms with Crippen molar-refractivity contribution in [2.45, 2.75) is 50.7 Å². The second-order valence-electron chi connectivity index (χ2n) is 6.75. The maximum Gasteiger partial charge on any atom is 0.234 e. The van der Waals surface area contributed by atoms with Crippen LogP contribution in [0, 0.1) is 0 Å². The van der Waals surface area contributed by atoms with Crippen molar-refractivity contribution in [2.24, 2.45) is 0 Å². The fourth-order valence-corrected chi connectivity index (χ4v) is 3.34. The van der Waals surface area contributed by atoms with Crippen molar-refractivity contribution in [3.8, 4) is 0 Å². The fourth-order valence-electron chi connectivity index (χ4n) is 3.34. The summed E-state index contributed by atoms with van der Waals surface area (Å²) in [4.78, 5) is 16.6. The Morgan fingerprint density at radius 1 is 1.24 bits per heavy atom. The van der Waals surface area contributed by atoms with Crippen molar-refractivity contribution >= 4 is 5.91 Å². The van der Waals surface area contributed by atoms with Gasteiger partial charge in [-0.1, -0.05) is 25.7 Å². The lowest BCUT2D eigenvalue weighted by molar-refractivity contribution is -0.125. The third kappa shape index (κ3) is 6.32. The number of nitrogens with zero attached hydrogens (tertiary/aromatic N) is 2. The van der Waals surface area contributed by atoms with E-state index in [1.165, 1.54) is 25.7 Å². The van der Waals surface area contributed by atoms with Gasteiger partial charge >= 0.3 is 0 Å². The van der Waals surface area contributed by atoms with E-state index in [4.69, 9.17) is 4.74 Å². The molecule has 21 heavy (non-hydrogen) atoms. The molecule has 122 valence electrons. The highest BCUT2D eigenvalue weighted by Crippen LogP contribution is 2.17. The first-order chi connectivity index (χ1) is 10.1. The molecule has 0 aromatic rings. The maximum absolute atomic E-state index is 12.2. The van der Waals surface area contributed by atoms with Crippen LogP contribution in [-0.2, 0) is 9.53 Å². The highest BCUT2D eigenvalue weighted by Gasteiger charge is 2.23. The Bertz CT molecular complexity index is 315. The molecule has 1 saturated heterocycles. The van der Waals surface area contributed by atoms with Gasteiger partial charge in [0, 0.05) is 25.7 Å². The minimum Gasteiger partial charge on any atom is -0.374 e. The standard InChI is InChI=1S/C16H31N3O2/c1-18(2)11-15-12-19(9-10-21-15)13-16(20)17-14-7-5-3-4-6-8-14/h14-15H,3-13H2,1-2H3,(H,17,20)/t15-/m1/s1. The molecule has 5 heteroatoms. The predicted octanol–water partition coefficient (Wildman–Crippen LogP) is 1.09. The van der Waals surface area contributed by atoms with E-state index >= 15 is 0 Å². The number of carbonyl (C=O) groups excluding carboxylic acids is 1. The highest BCUT2D eigenvalue weighted by molar-refractivity contribution is 5.78. The van der Waals surface area contributed by atoms with Gasteiger partial charge in [0.2, 0.25) is 5.91 Å². The van der Waals surface area contributed by atoms with E-state index in [2.05, 4.69) is 29.2 Å². The van der Waals surface area contributed by atoms with Gasteiger partial charge in [-0.25, -0.2) is 0 Å². The number of carbonyl (C=O) groups is 1. The van der Waals surface area contributed by atoms with Crippen molar-refractivity contribution in [3.05, 3.63) is 0 Å². The summed E-state index contributed by atoms with van der Waals surface area (Å²) in [7, 11) is 4.11. The molecular weight excluding hydrogens is 266 g/mol. The second kappa shape index (κ2) is 8.71. The molecule has 1 heterocycles. The zero-order valence-electron chi connectivity index (χ0n) is 13.6. The number of ether oxygens (including phenoxy) is 1. The van der Waals surface area contributed by atoms with E-state index < -0.39 is 0 Å². The summed E-state index contributed by atoms with van der Waals surface area (Å²) in [5.74, 6) is 0.187. The first kappa shape index (κ1) is 16.7. The third-order valence-corrected chi connectivity index (χ3v) is 4.38. The van der Waals surface area contributed by atoms with Crippen LogP contribution in [0.4, 0.5) is 0 Å². The van der Waals surface area contributed by atoms with Crippen LogP contribution < -0.4 is 5.32 Å². The largest absolute Gasteiger partial charge is 0.374 e. The molecule has 1 saturated carbocycles. The number of nitrogens with one attached hydrogen (secondary N) is 1. The van der Waals surface area contributed by atoms with E-state index in [1.54, 1.807) is 0 Å². The molecule has 0 spiro atoms. The summed E-state index contributed by atoms with van der Waals surface area (Å²) in [6.45, 7) is 3.89. The molecule has 2 fully saturated rings. The number of hydrogen-bond donors (Lipinski definition) is 1. The Kier molecular flexibility index (Phi) is 6.93. The van der Waals surface area contributed by atoms with Gasteiger partial charge in [-0.3, -0.25) is 9.69 Å². The van der Waals surface area contributed by atoms with Crippen LogP contribution >= 0.6 is 0 Å². The van der Waals surface area contributed by atoms with E-state index in [1.807, 2.05) is 0 Å². The van der Waals surface area contributed by atoms with Crippen molar-refractivity contribution in [2.75, 3.05) is 46.9 Å².